The number of aliphatic hydroxyl groups is 1. The predicted molar refractivity (Wildman–Crippen MR) is 208 cm³/mol. The lowest BCUT2D eigenvalue weighted by molar-refractivity contribution is -0.147. The van der Waals surface area contributed by atoms with Crippen LogP contribution in [0, 0.1) is 0 Å². The van der Waals surface area contributed by atoms with Crippen LogP contribution in [0.15, 0.2) is 36.5 Å². The molecule has 0 fully saturated rings. The van der Waals surface area contributed by atoms with Gasteiger partial charge in [0.2, 0.25) is 5.91 Å². The molecule has 52 heavy (non-hydrogen) atoms. The number of carbonyl (C=O) groups is 3. The van der Waals surface area contributed by atoms with Gasteiger partial charge in [-0.15, -0.1) is 0 Å². The fourth-order valence-electron chi connectivity index (χ4n) is 5.26. The lowest BCUT2D eigenvalue weighted by Crippen LogP contribution is -2.43. The summed E-state index contributed by atoms with van der Waals surface area (Å²) in [5.41, 5.74) is 0. The van der Waals surface area contributed by atoms with Crippen molar-refractivity contribution in [3.63, 3.8) is 0 Å². The van der Waals surface area contributed by atoms with E-state index < -0.39 is 57.6 Å². The molecule has 0 saturated carbocycles. The zero-order valence-electron chi connectivity index (χ0n) is 32.4. The second-order valence-electron chi connectivity index (χ2n) is 13.5. The monoisotopic (exact) mass is 757 g/mol. The largest absolute Gasteiger partial charge is 0.480 e. The Hall–Kier alpha value is -2.30. The number of allylic oxidation sites excluding steroid dienone is 6. The molecule has 0 radical (unpaired) electrons. The number of amides is 1. The second-order valence-corrected chi connectivity index (χ2v) is 14.9. The molecule has 0 saturated heterocycles. The summed E-state index contributed by atoms with van der Waals surface area (Å²) in [6, 6.07) is -1.55. The van der Waals surface area contributed by atoms with Crippen molar-refractivity contribution in [2.45, 2.75) is 180 Å². The normalized spacial score (nSPS) is 14.2. The van der Waals surface area contributed by atoms with E-state index in [1.165, 1.54) is 64.2 Å². The molecule has 3 atom stereocenters. The van der Waals surface area contributed by atoms with E-state index in [9.17, 15) is 34.1 Å². The molecule has 0 rings (SSSR count). The van der Waals surface area contributed by atoms with Gasteiger partial charge in [-0.2, -0.15) is 0 Å². The van der Waals surface area contributed by atoms with Gasteiger partial charge in [0.25, 0.3) is 0 Å². The fraction of sp³-hybridized carbons (Fsp3) is 0.775. The Labute approximate surface area is 314 Å². The molecular formula is C40H72NO10P. The Morgan fingerprint density at radius 3 is 1.62 bits per heavy atom. The summed E-state index contributed by atoms with van der Waals surface area (Å²) >= 11 is 0. The lowest BCUT2D eigenvalue weighted by Gasteiger charge is -2.18. The number of unbranched alkanes of at least 4 members (excludes halogenated alkanes) is 17. The first kappa shape index (κ1) is 49.7. The number of carbonyl (C=O) groups excluding carboxylic acids is 2. The first-order valence-electron chi connectivity index (χ1n) is 20.0. The Balaban J connectivity index is 3.93. The molecule has 3 unspecified atom stereocenters. The average molecular weight is 758 g/mol. The van der Waals surface area contributed by atoms with Crippen LogP contribution in [0.25, 0.3) is 0 Å². The Morgan fingerprint density at radius 2 is 1.06 bits per heavy atom. The number of hydrogen-bond donors (Lipinski definition) is 4. The van der Waals surface area contributed by atoms with Gasteiger partial charge in [0.1, 0.15) is 12.7 Å². The van der Waals surface area contributed by atoms with Gasteiger partial charge in [-0.3, -0.25) is 18.6 Å². The summed E-state index contributed by atoms with van der Waals surface area (Å²) in [6.45, 7) is 2.49. The first-order valence-corrected chi connectivity index (χ1v) is 21.5. The van der Waals surface area contributed by atoms with E-state index in [1.54, 1.807) is 0 Å². The molecule has 0 aromatic carbocycles. The van der Waals surface area contributed by atoms with Crippen LogP contribution in [0.1, 0.15) is 168 Å². The van der Waals surface area contributed by atoms with E-state index in [2.05, 4.69) is 55.6 Å². The molecule has 0 aliphatic rings. The molecule has 11 nitrogen and oxygen atoms in total. The topological polar surface area (TPSA) is 169 Å². The van der Waals surface area contributed by atoms with Gasteiger partial charge in [-0.25, -0.2) is 9.36 Å². The third kappa shape index (κ3) is 34.8. The maximum absolute atomic E-state index is 12.3. The van der Waals surface area contributed by atoms with Crippen LogP contribution in [-0.2, 0) is 32.7 Å². The van der Waals surface area contributed by atoms with Crippen molar-refractivity contribution >= 4 is 25.7 Å². The summed E-state index contributed by atoms with van der Waals surface area (Å²) in [4.78, 5) is 45.6. The van der Waals surface area contributed by atoms with Crippen molar-refractivity contribution in [3.05, 3.63) is 36.5 Å². The molecule has 302 valence electrons. The molecule has 1 amide bonds. The number of hydrogen-bond acceptors (Lipinski definition) is 8. The van der Waals surface area contributed by atoms with Gasteiger partial charge in [0.15, 0.2) is 6.04 Å². The van der Waals surface area contributed by atoms with Crippen LogP contribution in [0.3, 0.4) is 0 Å². The summed E-state index contributed by atoms with van der Waals surface area (Å²) in [5.74, 6) is -2.39. The number of rotatable bonds is 37. The van der Waals surface area contributed by atoms with E-state index in [-0.39, 0.29) is 12.8 Å². The van der Waals surface area contributed by atoms with Crippen molar-refractivity contribution < 1.29 is 47.8 Å². The minimum Gasteiger partial charge on any atom is -0.480 e. The van der Waals surface area contributed by atoms with Gasteiger partial charge in [-0.05, 0) is 51.4 Å². The number of esters is 1. The van der Waals surface area contributed by atoms with Gasteiger partial charge in [-0.1, -0.05) is 140 Å². The van der Waals surface area contributed by atoms with E-state index in [1.807, 2.05) is 0 Å². The Kier molecular flexibility index (Phi) is 34.1. The minimum atomic E-state index is -4.75. The molecule has 0 aromatic heterocycles. The van der Waals surface area contributed by atoms with Crippen LogP contribution in [0.4, 0.5) is 0 Å². The quantitative estimate of drug-likeness (QED) is 0.0207. The molecule has 0 aliphatic carbocycles. The molecule has 4 N–H and O–H groups in total. The number of carboxylic acids is 1. The van der Waals surface area contributed by atoms with Crippen molar-refractivity contribution in [1.82, 2.24) is 5.32 Å². The van der Waals surface area contributed by atoms with Gasteiger partial charge in [0.05, 0.1) is 13.2 Å². The number of carboxylic acid groups (broad SMARTS) is 1. The summed E-state index contributed by atoms with van der Waals surface area (Å²) in [6.07, 6.45) is 36.2. The van der Waals surface area contributed by atoms with Crippen LogP contribution in [0.5, 0.6) is 0 Å². The van der Waals surface area contributed by atoms with Crippen LogP contribution in [-0.4, -0.2) is 64.9 Å². The first-order chi connectivity index (χ1) is 25.1. The number of phosphoric ester groups is 1. The highest BCUT2D eigenvalue weighted by Crippen LogP contribution is 2.43. The smallest absolute Gasteiger partial charge is 0.472 e. The number of nitrogens with one attached hydrogen (secondary N) is 1. The third-order valence-electron chi connectivity index (χ3n) is 8.43. The Bertz CT molecular complexity index is 1030. The van der Waals surface area contributed by atoms with Gasteiger partial charge in [0, 0.05) is 12.8 Å². The van der Waals surface area contributed by atoms with E-state index in [4.69, 9.17) is 13.8 Å². The van der Waals surface area contributed by atoms with Gasteiger partial charge < -0.3 is 25.2 Å². The maximum Gasteiger partial charge on any atom is 0.472 e. The third-order valence-corrected chi connectivity index (χ3v) is 9.38. The standard InChI is InChI=1S/C40H72NO10P/c1-3-5-7-9-11-12-13-14-15-16-17-18-19-20-21-22-23-24-26-27-29-31-38(43)41-37(40(45)46)35-51-52(47,48)50-34-36(42)33-49-39(44)32-30-28-25-10-8-6-4-2/h11-12,14-15,17-18,36-37,42H,3-10,13,16,19-35H2,1-2H3,(H,41,43)(H,45,46)(H,47,48)/b12-11-,15-14-,18-17-. The number of aliphatic carboxylic acids is 1. The molecule has 0 heterocycles. The molecule has 0 aromatic rings. The molecular weight excluding hydrogens is 685 g/mol. The van der Waals surface area contributed by atoms with Crippen LogP contribution >= 0.6 is 7.82 Å². The molecule has 0 bridgehead atoms. The van der Waals surface area contributed by atoms with Crippen molar-refractivity contribution in [2.75, 3.05) is 19.8 Å². The Morgan fingerprint density at radius 1 is 0.615 bits per heavy atom. The summed E-state index contributed by atoms with van der Waals surface area (Å²) in [7, 11) is -4.75. The van der Waals surface area contributed by atoms with E-state index >= 15 is 0 Å². The average Bonchev–Trinajstić information content (AvgIpc) is 3.11. The molecule has 12 heteroatoms. The van der Waals surface area contributed by atoms with Crippen LogP contribution in [0.2, 0.25) is 0 Å². The highest BCUT2D eigenvalue weighted by molar-refractivity contribution is 7.47. The summed E-state index contributed by atoms with van der Waals surface area (Å²) in [5, 5.41) is 21.7. The van der Waals surface area contributed by atoms with Crippen molar-refractivity contribution in [1.29, 1.82) is 0 Å². The lowest BCUT2D eigenvalue weighted by atomic mass is 10.1. The highest BCUT2D eigenvalue weighted by Gasteiger charge is 2.28. The number of aliphatic hydroxyl groups excluding tert-OH is 1. The van der Waals surface area contributed by atoms with Crippen molar-refractivity contribution in [3.8, 4) is 0 Å². The molecule has 0 aliphatic heterocycles. The van der Waals surface area contributed by atoms with Gasteiger partial charge >= 0.3 is 19.8 Å². The predicted octanol–water partition coefficient (Wildman–Crippen LogP) is 9.66. The van der Waals surface area contributed by atoms with Crippen LogP contribution < -0.4 is 5.32 Å². The highest BCUT2D eigenvalue weighted by atomic mass is 31.2. The fourth-order valence-corrected chi connectivity index (χ4v) is 6.03. The zero-order chi connectivity index (χ0) is 38.5. The van der Waals surface area contributed by atoms with E-state index in [0.29, 0.717) is 12.8 Å². The number of phosphoric acid groups is 1. The summed E-state index contributed by atoms with van der Waals surface area (Å²) < 4.78 is 26.6. The number of ether oxygens (including phenoxy) is 1. The minimum absolute atomic E-state index is 0.137. The second kappa shape index (κ2) is 35.7. The van der Waals surface area contributed by atoms with Crippen molar-refractivity contribution in [2.24, 2.45) is 0 Å². The zero-order valence-corrected chi connectivity index (χ0v) is 33.3. The molecule has 0 spiro atoms. The van der Waals surface area contributed by atoms with E-state index in [0.717, 1.165) is 64.2 Å². The maximum atomic E-state index is 12.3. The SMILES string of the molecule is CCCCC/C=C\C/C=C\C/C=C\CCCCCCCCCCC(=O)NC(COP(=O)(O)OCC(O)COC(=O)CCCCCCCCC)C(=O)O.